The molecule has 0 spiro atoms. The molecule has 0 radical (unpaired) electrons. The number of aryl methyl sites for hydroxylation is 1. The normalized spacial score (nSPS) is 15.9. The molecule has 208 valence electrons. The number of aliphatic hydroxyl groups is 1. The first-order chi connectivity index (χ1) is 18.5. The van der Waals surface area contributed by atoms with E-state index in [1.807, 2.05) is 0 Å². The molecule has 3 aromatic heterocycles. The molecule has 1 fully saturated rings. The monoisotopic (exact) mass is 547 g/mol. The summed E-state index contributed by atoms with van der Waals surface area (Å²) in [7, 11) is 4.94. The summed E-state index contributed by atoms with van der Waals surface area (Å²) in [5.41, 5.74) is 2.02. The number of fused-ring (bicyclic) bond motifs is 1. The largest absolute Gasteiger partial charge is 0.489 e. The van der Waals surface area contributed by atoms with Crippen LogP contribution < -0.4 is 14.8 Å². The van der Waals surface area contributed by atoms with Gasteiger partial charge in [0.05, 0.1) is 31.1 Å². The van der Waals surface area contributed by atoms with Crippen LogP contribution in [0.2, 0.25) is 0 Å². The second-order valence-electron chi connectivity index (χ2n) is 9.90. The highest BCUT2D eigenvalue weighted by Gasteiger charge is 2.58. The molecule has 1 aliphatic carbocycles. The van der Waals surface area contributed by atoms with Gasteiger partial charge in [-0.3, -0.25) is 4.68 Å². The Kier molecular flexibility index (Phi) is 6.79. The smallest absolute Gasteiger partial charge is 0.254 e. The molecule has 0 amide bonds. The average molecular weight is 548 g/mol. The van der Waals surface area contributed by atoms with Crippen molar-refractivity contribution >= 4 is 5.52 Å². The van der Waals surface area contributed by atoms with Gasteiger partial charge in [-0.25, -0.2) is 17.7 Å². The van der Waals surface area contributed by atoms with Crippen LogP contribution in [-0.4, -0.2) is 51.2 Å². The van der Waals surface area contributed by atoms with Gasteiger partial charge >= 0.3 is 0 Å². The summed E-state index contributed by atoms with van der Waals surface area (Å²) in [4.78, 5) is 0. The van der Waals surface area contributed by atoms with Gasteiger partial charge in [-0.15, -0.1) is 0 Å². The second kappa shape index (κ2) is 9.83. The average Bonchev–Trinajstić information content (AvgIpc) is 3.41. The van der Waals surface area contributed by atoms with Gasteiger partial charge in [0.25, 0.3) is 5.92 Å². The van der Waals surface area contributed by atoms with Crippen molar-refractivity contribution in [2.75, 3.05) is 20.8 Å². The van der Waals surface area contributed by atoms with E-state index in [-0.39, 0.29) is 24.5 Å². The summed E-state index contributed by atoms with van der Waals surface area (Å²) in [6.45, 7) is 2.16. The number of hydrogen-bond donors (Lipinski definition) is 2. The number of hydrogen-bond acceptors (Lipinski definition) is 6. The van der Waals surface area contributed by atoms with Crippen molar-refractivity contribution < 1.29 is 32.1 Å². The van der Waals surface area contributed by atoms with Crippen molar-refractivity contribution in [3.8, 4) is 22.8 Å². The van der Waals surface area contributed by atoms with Crippen LogP contribution in [0.3, 0.4) is 0 Å². The topological polar surface area (TPSA) is 85.8 Å². The number of methoxy groups -OCH3 is 1. The van der Waals surface area contributed by atoms with Crippen molar-refractivity contribution in [1.29, 1.82) is 0 Å². The summed E-state index contributed by atoms with van der Waals surface area (Å²) in [5, 5.41) is 22.5. The molecule has 1 saturated carbocycles. The third kappa shape index (κ3) is 4.71. The SMILES string of the molecule is CNCc1cnn2c(OC)cc(-c3ccc(F)c(F)c3OCCc3c(C4(O)CC(F)(F)C4)nn(C)c3C)cc12. The number of aromatic nitrogens is 4. The standard InChI is InChI=1S/C27H29F4N5O3/c1-15-18(25(34-35(15)3)26(37)13-27(30,31)14-26)7-8-39-24-19(5-6-20(28)23(24)29)16-9-21-17(11-32-2)12-33-36(21)22(10-16)38-4/h5-6,9-10,12,32,37H,7-8,11,13-14H2,1-4H3. The number of pyridine rings is 1. The predicted octanol–water partition coefficient (Wildman–Crippen LogP) is 4.29. The summed E-state index contributed by atoms with van der Waals surface area (Å²) < 4.78 is 71.1. The quantitative estimate of drug-likeness (QED) is 0.304. The number of nitrogens with one attached hydrogen (secondary N) is 1. The molecular formula is C27H29F4N5O3. The molecule has 0 aliphatic heterocycles. The van der Waals surface area contributed by atoms with E-state index in [4.69, 9.17) is 9.47 Å². The van der Waals surface area contributed by atoms with E-state index in [0.717, 1.165) is 17.1 Å². The van der Waals surface area contributed by atoms with Gasteiger partial charge in [0, 0.05) is 61.3 Å². The van der Waals surface area contributed by atoms with E-state index < -0.39 is 36.0 Å². The first-order valence-electron chi connectivity index (χ1n) is 12.4. The molecule has 0 atom stereocenters. The molecule has 0 saturated heterocycles. The number of halogens is 4. The molecule has 39 heavy (non-hydrogen) atoms. The molecular weight excluding hydrogens is 518 g/mol. The Labute approximate surface area is 222 Å². The van der Waals surface area contributed by atoms with Gasteiger partial charge in [0.2, 0.25) is 11.7 Å². The Morgan fingerprint density at radius 3 is 2.59 bits per heavy atom. The lowest BCUT2D eigenvalue weighted by Gasteiger charge is -2.42. The number of rotatable bonds is 9. The zero-order valence-electron chi connectivity index (χ0n) is 22.0. The lowest BCUT2D eigenvalue weighted by atomic mass is 9.73. The van der Waals surface area contributed by atoms with Crippen LogP contribution in [-0.2, 0) is 25.6 Å². The first kappa shape index (κ1) is 26.9. The number of nitrogens with zero attached hydrogens (tertiary/aromatic N) is 4. The van der Waals surface area contributed by atoms with Gasteiger partial charge in [-0.05, 0) is 37.7 Å². The third-order valence-corrected chi connectivity index (χ3v) is 7.20. The van der Waals surface area contributed by atoms with E-state index in [9.17, 15) is 18.3 Å². The fourth-order valence-electron chi connectivity index (χ4n) is 5.18. The molecule has 12 heteroatoms. The molecule has 4 aromatic rings. The molecule has 1 aromatic carbocycles. The molecule has 2 N–H and O–H groups in total. The van der Waals surface area contributed by atoms with E-state index in [2.05, 4.69) is 15.5 Å². The van der Waals surface area contributed by atoms with Crippen LogP contribution in [0.5, 0.6) is 11.6 Å². The molecule has 3 heterocycles. The van der Waals surface area contributed by atoms with Crippen molar-refractivity contribution in [2.24, 2.45) is 7.05 Å². The minimum atomic E-state index is -2.96. The van der Waals surface area contributed by atoms with Crippen LogP contribution in [0.1, 0.15) is 35.4 Å². The maximum Gasteiger partial charge on any atom is 0.254 e. The number of alkyl halides is 2. The Hall–Kier alpha value is -3.64. The highest BCUT2D eigenvalue weighted by Crippen LogP contribution is 2.52. The molecule has 0 bridgehead atoms. The highest BCUT2D eigenvalue weighted by molar-refractivity contribution is 5.76. The van der Waals surface area contributed by atoms with Gasteiger partial charge in [-0.2, -0.15) is 14.6 Å². The zero-order valence-corrected chi connectivity index (χ0v) is 22.0. The lowest BCUT2D eigenvalue weighted by Crippen LogP contribution is -2.50. The molecule has 8 nitrogen and oxygen atoms in total. The van der Waals surface area contributed by atoms with Crippen LogP contribution in [0.4, 0.5) is 17.6 Å². The molecule has 5 rings (SSSR count). The predicted molar refractivity (Wildman–Crippen MR) is 135 cm³/mol. The van der Waals surface area contributed by atoms with Crippen LogP contribution in [0.15, 0.2) is 30.5 Å². The van der Waals surface area contributed by atoms with Gasteiger partial charge in [0.1, 0.15) is 5.60 Å². The number of benzene rings is 1. The highest BCUT2D eigenvalue weighted by atomic mass is 19.3. The van der Waals surface area contributed by atoms with E-state index in [0.29, 0.717) is 34.8 Å². The maximum absolute atomic E-state index is 15.1. The summed E-state index contributed by atoms with van der Waals surface area (Å²) in [6.07, 6.45) is 0.388. The number of ether oxygens (including phenoxy) is 2. The second-order valence-corrected chi connectivity index (χ2v) is 9.90. The zero-order chi connectivity index (χ0) is 28.1. The first-order valence-corrected chi connectivity index (χ1v) is 12.4. The maximum atomic E-state index is 15.1. The Bertz CT molecular complexity index is 1540. The van der Waals surface area contributed by atoms with Crippen molar-refractivity contribution in [3.63, 3.8) is 0 Å². The van der Waals surface area contributed by atoms with Crippen LogP contribution in [0, 0.1) is 18.6 Å². The fourth-order valence-corrected chi connectivity index (χ4v) is 5.18. The van der Waals surface area contributed by atoms with E-state index in [1.54, 1.807) is 43.9 Å². The minimum absolute atomic E-state index is 0.115. The molecule has 1 aliphatic rings. The Morgan fingerprint density at radius 1 is 1.18 bits per heavy atom. The van der Waals surface area contributed by atoms with E-state index >= 15 is 4.39 Å². The van der Waals surface area contributed by atoms with Crippen molar-refractivity contribution in [3.05, 3.63) is 64.6 Å². The summed E-state index contributed by atoms with van der Waals surface area (Å²) >= 11 is 0. The minimum Gasteiger partial charge on any atom is -0.489 e. The van der Waals surface area contributed by atoms with Crippen molar-refractivity contribution in [2.45, 2.75) is 44.3 Å². The lowest BCUT2D eigenvalue weighted by molar-refractivity contribution is -0.212. The fraction of sp³-hybridized carbons (Fsp3) is 0.407. The van der Waals surface area contributed by atoms with Gasteiger partial charge in [0.15, 0.2) is 11.6 Å². The Balaban J connectivity index is 1.48. The van der Waals surface area contributed by atoms with E-state index in [1.165, 1.54) is 17.9 Å². The van der Waals surface area contributed by atoms with Gasteiger partial charge < -0.3 is 19.9 Å². The summed E-state index contributed by atoms with van der Waals surface area (Å²) in [6, 6.07) is 5.89. The van der Waals surface area contributed by atoms with Crippen LogP contribution >= 0.6 is 0 Å². The molecule has 0 unspecified atom stereocenters. The van der Waals surface area contributed by atoms with Crippen molar-refractivity contribution in [1.82, 2.24) is 24.7 Å². The summed E-state index contributed by atoms with van der Waals surface area (Å²) in [5.74, 6) is -5.10. The Morgan fingerprint density at radius 2 is 1.92 bits per heavy atom. The van der Waals surface area contributed by atoms with Crippen LogP contribution in [0.25, 0.3) is 16.6 Å². The third-order valence-electron chi connectivity index (χ3n) is 7.20. The van der Waals surface area contributed by atoms with Gasteiger partial charge in [-0.1, -0.05) is 0 Å².